The van der Waals surface area contributed by atoms with Crippen molar-refractivity contribution in [1.29, 1.82) is 0 Å². The van der Waals surface area contributed by atoms with Crippen molar-refractivity contribution in [3.8, 4) is 0 Å². The summed E-state index contributed by atoms with van der Waals surface area (Å²) in [5, 5.41) is 0. The highest BCUT2D eigenvalue weighted by molar-refractivity contribution is 5.87. The second-order valence-electron chi connectivity index (χ2n) is 3.63. The van der Waals surface area contributed by atoms with Gasteiger partial charge in [0.1, 0.15) is 0 Å². The molecule has 12 heavy (non-hydrogen) atoms. The van der Waals surface area contributed by atoms with Crippen molar-refractivity contribution in [2.75, 3.05) is 0 Å². The Morgan fingerprint density at radius 3 is 2.25 bits per heavy atom. The molecular weight excluding hydrogens is 152 g/mol. The average molecular weight is 170 g/mol. The van der Waals surface area contributed by atoms with Crippen LogP contribution in [0, 0.1) is 5.92 Å². The molecule has 0 unspecified atom stereocenters. The van der Waals surface area contributed by atoms with E-state index in [4.69, 9.17) is 4.74 Å². The zero-order chi connectivity index (χ0) is 9.72. The Morgan fingerprint density at radius 2 is 1.92 bits per heavy atom. The molecule has 0 aliphatic heterocycles. The third-order valence-electron chi connectivity index (χ3n) is 1.46. The van der Waals surface area contributed by atoms with Gasteiger partial charge in [-0.05, 0) is 26.2 Å². The Balaban J connectivity index is 3.76. The first kappa shape index (κ1) is 11.2. The van der Waals surface area contributed by atoms with Crippen LogP contribution in [0.1, 0.15) is 34.1 Å². The fourth-order valence-electron chi connectivity index (χ4n) is 0.995. The van der Waals surface area contributed by atoms with E-state index in [-0.39, 0.29) is 12.1 Å². The number of carbonyl (C=O) groups is 1. The van der Waals surface area contributed by atoms with Gasteiger partial charge in [0, 0.05) is 5.57 Å². The fraction of sp³-hybridized carbons (Fsp3) is 0.700. The molecule has 0 aromatic carbocycles. The van der Waals surface area contributed by atoms with Crippen LogP contribution >= 0.6 is 0 Å². The van der Waals surface area contributed by atoms with E-state index >= 15 is 0 Å². The molecule has 0 saturated heterocycles. The van der Waals surface area contributed by atoms with Crippen LogP contribution in [0.4, 0.5) is 0 Å². The van der Waals surface area contributed by atoms with Crippen LogP contribution in [-0.4, -0.2) is 12.1 Å². The summed E-state index contributed by atoms with van der Waals surface area (Å²) < 4.78 is 5.08. The van der Waals surface area contributed by atoms with Crippen molar-refractivity contribution < 1.29 is 9.53 Å². The van der Waals surface area contributed by atoms with E-state index < -0.39 is 0 Å². The van der Waals surface area contributed by atoms with E-state index in [1.807, 2.05) is 6.92 Å². The molecule has 0 aromatic heterocycles. The van der Waals surface area contributed by atoms with Crippen molar-refractivity contribution >= 4 is 5.97 Å². The van der Waals surface area contributed by atoms with Crippen LogP contribution in [0.2, 0.25) is 0 Å². The maximum absolute atomic E-state index is 11.0. The van der Waals surface area contributed by atoms with Crippen molar-refractivity contribution in [1.82, 2.24) is 0 Å². The summed E-state index contributed by atoms with van der Waals surface area (Å²) in [6.45, 7) is 11.3. The second kappa shape index (κ2) is 4.96. The minimum absolute atomic E-state index is 0.00537. The molecule has 0 aliphatic carbocycles. The van der Waals surface area contributed by atoms with Gasteiger partial charge < -0.3 is 4.74 Å². The smallest absolute Gasteiger partial charge is 0.333 e. The van der Waals surface area contributed by atoms with Crippen LogP contribution in [0.3, 0.4) is 0 Å². The first-order valence-electron chi connectivity index (χ1n) is 4.30. The lowest BCUT2D eigenvalue weighted by atomic mass is 10.1. The minimum Gasteiger partial charge on any atom is -0.459 e. The Hall–Kier alpha value is -0.790. The van der Waals surface area contributed by atoms with Gasteiger partial charge in [-0.25, -0.2) is 4.79 Å². The predicted octanol–water partition coefficient (Wildman–Crippen LogP) is 2.54. The predicted molar refractivity (Wildman–Crippen MR) is 49.8 cm³/mol. The summed E-state index contributed by atoms with van der Waals surface area (Å²) in [5.41, 5.74) is 0.464. The van der Waals surface area contributed by atoms with Crippen LogP contribution in [-0.2, 0) is 9.53 Å². The van der Waals surface area contributed by atoms with Gasteiger partial charge in [-0.3, -0.25) is 0 Å². The largest absolute Gasteiger partial charge is 0.459 e. The zero-order valence-corrected chi connectivity index (χ0v) is 8.39. The molecule has 0 heterocycles. The zero-order valence-electron chi connectivity index (χ0n) is 8.39. The molecule has 0 rings (SSSR count). The number of hydrogen-bond donors (Lipinski definition) is 0. The third-order valence-corrected chi connectivity index (χ3v) is 1.46. The molecule has 0 aliphatic rings. The minimum atomic E-state index is -0.289. The maximum atomic E-state index is 11.0. The normalized spacial score (nSPS) is 12.8. The van der Waals surface area contributed by atoms with Crippen molar-refractivity contribution in [2.45, 2.75) is 40.2 Å². The van der Waals surface area contributed by atoms with E-state index in [9.17, 15) is 4.79 Å². The van der Waals surface area contributed by atoms with Crippen LogP contribution < -0.4 is 0 Å². The van der Waals surface area contributed by atoms with E-state index in [2.05, 4.69) is 20.4 Å². The standard InChI is InChI=1S/C10H18O2/c1-7(2)6-9(5)12-10(11)8(3)4/h7,9H,3,6H2,1-2,4-5H3/t9-/m1/s1. The van der Waals surface area contributed by atoms with Gasteiger partial charge in [0.15, 0.2) is 0 Å². The number of esters is 1. The molecular formula is C10H18O2. The molecule has 70 valence electrons. The average Bonchev–Trinajstić information content (AvgIpc) is 1.84. The van der Waals surface area contributed by atoms with Crippen LogP contribution in [0.15, 0.2) is 12.2 Å². The molecule has 1 atom stereocenters. The Bertz CT molecular complexity index is 171. The number of hydrogen-bond acceptors (Lipinski definition) is 2. The topological polar surface area (TPSA) is 26.3 Å². The number of carbonyl (C=O) groups excluding carboxylic acids is 1. The molecule has 0 N–H and O–H groups in total. The lowest BCUT2D eigenvalue weighted by Gasteiger charge is -2.14. The van der Waals surface area contributed by atoms with Gasteiger partial charge in [-0.15, -0.1) is 0 Å². The van der Waals surface area contributed by atoms with Crippen LogP contribution in [0.5, 0.6) is 0 Å². The summed E-state index contributed by atoms with van der Waals surface area (Å²) in [6.07, 6.45) is 0.896. The fourth-order valence-corrected chi connectivity index (χ4v) is 0.995. The Kier molecular flexibility index (Phi) is 4.64. The van der Waals surface area contributed by atoms with Crippen molar-refractivity contribution in [3.05, 3.63) is 12.2 Å². The molecule has 0 saturated carbocycles. The van der Waals surface area contributed by atoms with Gasteiger partial charge >= 0.3 is 5.97 Å². The molecule has 0 spiro atoms. The summed E-state index contributed by atoms with van der Waals surface area (Å²) in [6, 6.07) is 0. The van der Waals surface area contributed by atoms with Gasteiger partial charge in [-0.2, -0.15) is 0 Å². The lowest BCUT2D eigenvalue weighted by molar-refractivity contribution is -0.143. The molecule has 0 aromatic rings. The molecule has 0 amide bonds. The van der Waals surface area contributed by atoms with Gasteiger partial charge in [-0.1, -0.05) is 20.4 Å². The highest BCUT2D eigenvalue weighted by Gasteiger charge is 2.10. The lowest BCUT2D eigenvalue weighted by Crippen LogP contribution is -2.16. The Labute approximate surface area is 74.6 Å². The summed E-state index contributed by atoms with van der Waals surface area (Å²) in [5.74, 6) is 0.265. The molecule has 0 bridgehead atoms. The van der Waals surface area contributed by atoms with Crippen molar-refractivity contribution in [3.63, 3.8) is 0 Å². The molecule has 2 nitrogen and oxygen atoms in total. The number of ether oxygens (including phenoxy) is 1. The first-order chi connectivity index (χ1) is 5.43. The third kappa shape index (κ3) is 4.94. The maximum Gasteiger partial charge on any atom is 0.333 e. The summed E-state index contributed by atoms with van der Waals surface area (Å²) >= 11 is 0. The summed E-state index contributed by atoms with van der Waals surface area (Å²) in [7, 11) is 0. The first-order valence-corrected chi connectivity index (χ1v) is 4.30. The quantitative estimate of drug-likeness (QED) is 0.478. The monoisotopic (exact) mass is 170 g/mol. The molecule has 2 heteroatoms. The van der Waals surface area contributed by atoms with Gasteiger partial charge in [0.05, 0.1) is 6.10 Å². The van der Waals surface area contributed by atoms with Crippen molar-refractivity contribution in [2.24, 2.45) is 5.92 Å². The molecule has 0 radical (unpaired) electrons. The van der Waals surface area contributed by atoms with E-state index in [0.717, 1.165) is 6.42 Å². The van der Waals surface area contributed by atoms with Gasteiger partial charge in [0.2, 0.25) is 0 Å². The van der Waals surface area contributed by atoms with Gasteiger partial charge in [0.25, 0.3) is 0 Å². The van der Waals surface area contributed by atoms with Crippen LogP contribution in [0.25, 0.3) is 0 Å². The second-order valence-corrected chi connectivity index (χ2v) is 3.63. The summed E-state index contributed by atoms with van der Waals surface area (Å²) in [4.78, 5) is 11.0. The SMILES string of the molecule is C=C(C)C(=O)O[C@H](C)CC(C)C. The van der Waals surface area contributed by atoms with E-state index in [1.54, 1.807) is 6.92 Å². The number of rotatable bonds is 4. The molecule has 0 fully saturated rings. The Morgan fingerprint density at radius 1 is 1.42 bits per heavy atom. The highest BCUT2D eigenvalue weighted by Crippen LogP contribution is 2.08. The van der Waals surface area contributed by atoms with E-state index in [1.165, 1.54) is 0 Å². The van der Waals surface area contributed by atoms with E-state index in [0.29, 0.717) is 11.5 Å². The highest BCUT2D eigenvalue weighted by atomic mass is 16.5.